The molecule has 3 amide bonds. The Morgan fingerprint density at radius 1 is 1.50 bits per heavy atom. The molecule has 0 radical (unpaired) electrons. The monoisotopic (exact) mass is 306 g/mol. The number of nitrogens with two attached hydrogens (primary N) is 1. The van der Waals surface area contributed by atoms with Crippen molar-refractivity contribution in [2.24, 2.45) is 11.7 Å². The van der Waals surface area contributed by atoms with Crippen LogP contribution in [0.5, 0.6) is 5.75 Å². The number of hydrogen-bond acceptors (Lipinski definition) is 4. The van der Waals surface area contributed by atoms with Gasteiger partial charge in [0.15, 0.2) is 0 Å². The summed E-state index contributed by atoms with van der Waals surface area (Å²) in [5.41, 5.74) is 5.99. The van der Waals surface area contributed by atoms with E-state index < -0.39 is 0 Å². The molecular formula is C15H22N4O3. The summed E-state index contributed by atoms with van der Waals surface area (Å²) in [5, 5.41) is 2.85. The third-order valence-corrected chi connectivity index (χ3v) is 3.75. The number of amides is 3. The summed E-state index contributed by atoms with van der Waals surface area (Å²) in [6.45, 7) is 1.64. The van der Waals surface area contributed by atoms with E-state index in [0.717, 1.165) is 18.5 Å². The number of primary amides is 1. The van der Waals surface area contributed by atoms with Crippen LogP contribution >= 0.6 is 0 Å². The van der Waals surface area contributed by atoms with Gasteiger partial charge in [0.1, 0.15) is 5.75 Å². The molecule has 1 unspecified atom stereocenters. The zero-order chi connectivity index (χ0) is 15.9. The summed E-state index contributed by atoms with van der Waals surface area (Å²) in [4.78, 5) is 29.1. The average molecular weight is 306 g/mol. The minimum Gasteiger partial charge on any atom is -0.495 e. The van der Waals surface area contributed by atoms with Crippen LogP contribution in [0.2, 0.25) is 0 Å². The lowest BCUT2D eigenvalue weighted by Crippen LogP contribution is -2.45. The Morgan fingerprint density at radius 3 is 2.95 bits per heavy atom. The van der Waals surface area contributed by atoms with Gasteiger partial charge in [-0.3, -0.25) is 9.78 Å². The fourth-order valence-electron chi connectivity index (χ4n) is 2.61. The summed E-state index contributed by atoms with van der Waals surface area (Å²) in [7, 11) is 1.58. The van der Waals surface area contributed by atoms with E-state index in [1.165, 1.54) is 0 Å². The van der Waals surface area contributed by atoms with E-state index in [1.807, 2.05) is 6.07 Å². The molecule has 2 heterocycles. The lowest BCUT2D eigenvalue weighted by atomic mass is 9.95. The van der Waals surface area contributed by atoms with Gasteiger partial charge in [-0.1, -0.05) is 0 Å². The smallest absolute Gasteiger partial charge is 0.317 e. The lowest BCUT2D eigenvalue weighted by Gasteiger charge is -2.32. The first-order valence-corrected chi connectivity index (χ1v) is 7.38. The molecule has 22 heavy (non-hydrogen) atoms. The van der Waals surface area contributed by atoms with Crippen LogP contribution in [0.15, 0.2) is 18.3 Å². The maximum absolute atomic E-state index is 12.2. The highest BCUT2D eigenvalue weighted by molar-refractivity contribution is 5.75. The number of urea groups is 1. The van der Waals surface area contributed by atoms with Crippen LogP contribution in [0.25, 0.3) is 0 Å². The van der Waals surface area contributed by atoms with Gasteiger partial charge < -0.3 is 20.7 Å². The average Bonchev–Trinajstić information content (AvgIpc) is 2.52. The summed E-state index contributed by atoms with van der Waals surface area (Å²) in [6, 6.07) is 3.48. The SMILES string of the molecule is COc1ccc(CNC(=O)N2CCCC(CC(N)=O)C2)nc1. The van der Waals surface area contributed by atoms with E-state index in [-0.39, 0.29) is 17.9 Å². The molecular weight excluding hydrogens is 284 g/mol. The highest BCUT2D eigenvalue weighted by Gasteiger charge is 2.24. The molecule has 7 heteroatoms. The Hall–Kier alpha value is -2.31. The van der Waals surface area contributed by atoms with Gasteiger partial charge in [-0.25, -0.2) is 4.79 Å². The molecule has 0 aromatic carbocycles. The van der Waals surface area contributed by atoms with Crippen molar-refractivity contribution in [3.8, 4) is 5.75 Å². The summed E-state index contributed by atoms with van der Waals surface area (Å²) >= 11 is 0. The zero-order valence-electron chi connectivity index (χ0n) is 12.7. The number of nitrogens with one attached hydrogen (secondary N) is 1. The van der Waals surface area contributed by atoms with Gasteiger partial charge in [0.05, 0.1) is 25.5 Å². The second kappa shape index (κ2) is 7.63. The lowest BCUT2D eigenvalue weighted by molar-refractivity contribution is -0.119. The van der Waals surface area contributed by atoms with E-state index in [1.54, 1.807) is 24.3 Å². The molecule has 3 N–H and O–H groups in total. The highest BCUT2D eigenvalue weighted by Crippen LogP contribution is 2.19. The number of carbonyl (C=O) groups excluding carboxylic acids is 2. The van der Waals surface area contributed by atoms with E-state index in [0.29, 0.717) is 31.8 Å². The van der Waals surface area contributed by atoms with Crippen molar-refractivity contribution >= 4 is 11.9 Å². The molecule has 1 aromatic heterocycles. The van der Waals surface area contributed by atoms with E-state index in [9.17, 15) is 9.59 Å². The number of ether oxygens (including phenoxy) is 1. The number of carbonyl (C=O) groups is 2. The first-order chi connectivity index (χ1) is 10.6. The van der Waals surface area contributed by atoms with Crippen molar-refractivity contribution in [3.05, 3.63) is 24.0 Å². The van der Waals surface area contributed by atoms with Gasteiger partial charge in [-0.2, -0.15) is 0 Å². The number of methoxy groups -OCH3 is 1. The minimum absolute atomic E-state index is 0.133. The molecule has 1 fully saturated rings. The van der Waals surface area contributed by atoms with Crippen molar-refractivity contribution in [2.45, 2.75) is 25.8 Å². The maximum Gasteiger partial charge on any atom is 0.317 e. The Labute approximate surface area is 129 Å². The molecule has 1 saturated heterocycles. The van der Waals surface area contributed by atoms with E-state index >= 15 is 0 Å². The predicted molar refractivity (Wildman–Crippen MR) is 81.1 cm³/mol. The fraction of sp³-hybridized carbons (Fsp3) is 0.533. The molecule has 120 valence electrons. The molecule has 0 saturated carbocycles. The van der Waals surface area contributed by atoms with Crippen molar-refractivity contribution < 1.29 is 14.3 Å². The summed E-state index contributed by atoms with van der Waals surface area (Å²) in [5.74, 6) is 0.534. The van der Waals surface area contributed by atoms with Crippen LogP contribution in [0, 0.1) is 5.92 Å². The predicted octanol–water partition coefficient (Wildman–Crippen LogP) is 0.887. The van der Waals surface area contributed by atoms with Crippen molar-refractivity contribution in [2.75, 3.05) is 20.2 Å². The van der Waals surface area contributed by atoms with Crippen molar-refractivity contribution in [3.63, 3.8) is 0 Å². The largest absolute Gasteiger partial charge is 0.495 e. The standard InChI is InChI=1S/C15H22N4O3/c1-22-13-5-4-12(17-9-13)8-18-15(21)19-6-2-3-11(10-19)7-14(16)20/h4-5,9,11H,2-3,6-8,10H2,1H3,(H2,16,20)(H,18,21). The van der Waals surface area contributed by atoms with Gasteiger partial charge in [0.25, 0.3) is 0 Å². The van der Waals surface area contributed by atoms with Crippen LogP contribution < -0.4 is 15.8 Å². The second-order valence-electron chi connectivity index (χ2n) is 5.47. The number of aromatic nitrogens is 1. The fourth-order valence-corrected chi connectivity index (χ4v) is 2.61. The van der Waals surface area contributed by atoms with Gasteiger partial charge in [0, 0.05) is 19.5 Å². The Bertz CT molecular complexity index is 518. The normalized spacial score (nSPS) is 17.9. The molecule has 0 bridgehead atoms. The molecule has 1 aliphatic heterocycles. The third-order valence-electron chi connectivity index (χ3n) is 3.75. The van der Waals surface area contributed by atoms with Gasteiger partial charge >= 0.3 is 6.03 Å². The Morgan fingerprint density at radius 2 is 2.32 bits per heavy atom. The highest BCUT2D eigenvalue weighted by atomic mass is 16.5. The summed E-state index contributed by atoms with van der Waals surface area (Å²) in [6.07, 6.45) is 3.79. The van der Waals surface area contributed by atoms with Crippen LogP contribution in [-0.2, 0) is 11.3 Å². The topological polar surface area (TPSA) is 97.5 Å². The Kier molecular flexibility index (Phi) is 5.57. The maximum atomic E-state index is 12.2. The third kappa shape index (κ3) is 4.61. The Balaban J connectivity index is 1.81. The van der Waals surface area contributed by atoms with Gasteiger partial charge in [0.2, 0.25) is 5.91 Å². The quantitative estimate of drug-likeness (QED) is 0.844. The molecule has 7 nitrogen and oxygen atoms in total. The molecule has 0 aliphatic carbocycles. The zero-order valence-corrected chi connectivity index (χ0v) is 12.7. The van der Waals surface area contributed by atoms with Crippen molar-refractivity contribution in [1.82, 2.24) is 15.2 Å². The van der Waals surface area contributed by atoms with Gasteiger partial charge in [-0.05, 0) is 30.9 Å². The first-order valence-electron chi connectivity index (χ1n) is 7.38. The van der Waals surface area contributed by atoms with E-state index in [2.05, 4.69) is 10.3 Å². The number of pyridine rings is 1. The number of likely N-dealkylation sites (tertiary alicyclic amines) is 1. The number of nitrogens with zero attached hydrogens (tertiary/aromatic N) is 2. The van der Waals surface area contributed by atoms with E-state index in [4.69, 9.17) is 10.5 Å². The number of piperidine rings is 1. The molecule has 1 aromatic rings. The molecule has 1 aliphatic rings. The molecule has 1 atom stereocenters. The number of hydrogen-bond donors (Lipinski definition) is 2. The second-order valence-corrected chi connectivity index (χ2v) is 5.47. The van der Waals surface area contributed by atoms with Crippen LogP contribution in [-0.4, -0.2) is 42.0 Å². The number of rotatable bonds is 5. The molecule has 2 rings (SSSR count). The van der Waals surface area contributed by atoms with Crippen LogP contribution in [0.3, 0.4) is 0 Å². The minimum atomic E-state index is -0.310. The van der Waals surface area contributed by atoms with Gasteiger partial charge in [-0.15, -0.1) is 0 Å². The first kappa shape index (κ1) is 16.1. The van der Waals surface area contributed by atoms with Crippen LogP contribution in [0.1, 0.15) is 25.0 Å². The van der Waals surface area contributed by atoms with Crippen LogP contribution in [0.4, 0.5) is 4.79 Å². The van der Waals surface area contributed by atoms with Crippen molar-refractivity contribution in [1.29, 1.82) is 0 Å². The molecule has 0 spiro atoms. The summed E-state index contributed by atoms with van der Waals surface area (Å²) < 4.78 is 5.04.